The highest BCUT2D eigenvalue weighted by atomic mass is 16.1. The molecule has 174 valence electrons. The van der Waals surface area contributed by atoms with E-state index in [-0.39, 0.29) is 17.4 Å². The molecule has 0 spiro atoms. The van der Waals surface area contributed by atoms with Crippen LogP contribution in [0.2, 0.25) is 0 Å². The summed E-state index contributed by atoms with van der Waals surface area (Å²) in [5, 5.41) is 7.80. The molecule has 0 radical (unpaired) electrons. The van der Waals surface area contributed by atoms with Crippen LogP contribution >= 0.6 is 0 Å². The van der Waals surface area contributed by atoms with Gasteiger partial charge in [-0.15, -0.1) is 0 Å². The van der Waals surface area contributed by atoms with Gasteiger partial charge in [-0.25, -0.2) is 4.98 Å². The number of aromatic nitrogens is 2. The van der Waals surface area contributed by atoms with Crippen LogP contribution in [0.1, 0.15) is 62.4 Å². The van der Waals surface area contributed by atoms with Crippen LogP contribution < -0.4 is 15.5 Å². The van der Waals surface area contributed by atoms with Crippen LogP contribution in [0.4, 0.5) is 11.8 Å². The number of benzene rings is 2. The van der Waals surface area contributed by atoms with Gasteiger partial charge in [-0.1, -0.05) is 45.0 Å². The van der Waals surface area contributed by atoms with Gasteiger partial charge in [-0.2, -0.15) is 4.98 Å². The molecule has 0 atom stereocenters. The van der Waals surface area contributed by atoms with Crippen molar-refractivity contribution in [3.63, 3.8) is 0 Å². The Morgan fingerprint density at radius 1 is 0.909 bits per heavy atom. The molecule has 1 aliphatic rings. The Morgan fingerprint density at radius 2 is 1.55 bits per heavy atom. The predicted molar refractivity (Wildman–Crippen MR) is 136 cm³/mol. The first-order valence-corrected chi connectivity index (χ1v) is 11.8. The van der Waals surface area contributed by atoms with Crippen molar-refractivity contribution in [2.24, 2.45) is 0 Å². The van der Waals surface area contributed by atoms with Crippen LogP contribution in [0.3, 0.4) is 0 Å². The maximum absolute atomic E-state index is 12.7. The van der Waals surface area contributed by atoms with E-state index in [1.165, 1.54) is 5.56 Å². The van der Waals surface area contributed by atoms with Crippen molar-refractivity contribution in [2.75, 3.05) is 24.3 Å². The van der Waals surface area contributed by atoms with Gasteiger partial charge in [0.1, 0.15) is 5.82 Å². The normalized spacial score (nSPS) is 18.7. The Kier molecular flexibility index (Phi) is 6.54. The first kappa shape index (κ1) is 23.0. The number of amides is 1. The first-order valence-electron chi connectivity index (χ1n) is 11.8. The highest BCUT2D eigenvalue weighted by Gasteiger charge is 2.24. The molecule has 2 aromatic carbocycles. The minimum Gasteiger partial charge on any atom is -0.362 e. The number of rotatable bonds is 5. The maximum atomic E-state index is 12.7. The lowest BCUT2D eigenvalue weighted by molar-refractivity contribution is 0.0926. The van der Waals surface area contributed by atoms with Crippen molar-refractivity contribution >= 4 is 28.6 Å². The third-order valence-corrected chi connectivity index (χ3v) is 6.42. The smallest absolute Gasteiger partial charge is 0.251 e. The standard InChI is InChI=1S/C27H35N5O/c1-27(2,3)19-12-10-18(11-13-19)25(33)28-20-14-16-21(17-15-20)29-26-30-23-9-7-6-8-22(23)24(31-26)32(4)5/h6-13,20-21H,14-17H2,1-5H3,(H,28,33)(H,29,30,31). The SMILES string of the molecule is CN(C)c1nc(NC2CCC(NC(=O)c3ccc(C(C)(C)C)cc3)CC2)nc2ccccc12. The molecule has 0 unspecified atom stereocenters. The van der Waals surface area contributed by atoms with Crippen LogP contribution in [0.5, 0.6) is 0 Å². The van der Waals surface area contributed by atoms with E-state index in [1.807, 2.05) is 49.3 Å². The van der Waals surface area contributed by atoms with Gasteiger partial charge >= 0.3 is 0 Å². The molecule has 0 aliphatic heterocycles. The summed E-state index contributed by atoms with van der Waals surface area (Å²) in [5.41, 5.74) is 2.99. The average Bonchev–Trinajstić information content (AvgIpc) is 2.79. The molecule has 1 saturated carbocycles. The summed E-state index contributed by atoms with van der Waals surface area (Å²) in [4.78, 5) is 24.2. The number of anilines is 2. The highest BCUT2D eigenvalue weighted by Crippen LogP contribution is 2.27. The van der Waals surface area contributed by atoms with Crippen molar-refractivity contribution in [2.45, 2.75) is 64.0 Å². The largest absolute Gasteiger partial charge is 0.362 e. The Morgan fingerprint density at radius 3 is 2.18 bits per heavy atom. The number of nitrogens with zero attached hydrogens (tertiary/aromatic N) is 3. The molecule has 1 aliphatic carbocycles. The number of carbonyl (C=O) groups is 1. The third-order valence-electron chi connectivity index (χ3n) is 6.42. The fourth-order valence-electron chi connectivity index (χ4n) is 4.42. The lowest BCUT2D eigenvalue weighted by atomic mass is 9.86. The van der Waals surface area contributed by atoms with Crippen molar-refractivity contribution in [3.05, 3.63) is 59.7 Å². The van der Waals surface area contributed by atoms with Gasteiger partial charge in [0.05, 0.1) is 5.52 Å². The van der Waals surface area contributed by atoms with Crippen molar-refractivity contribution in [1.29, 1.82) is 0 Å². The molecule has 1 amide bonds. The predicted octanol–water partition coefficient (Wildman–Crippen LogP) is 5.15. The van der Waals surface area contributed by atoms with E-state index in [2.05, 4.69) is 49.6 Å². The molecule has 4 rings (SSSR count). The average molecular weight is 446 g/mol. The minimum atomic E-state index is 0.0142. The number of fused-ring (bicyclic) bond motifs is 1. The van der Waals surface area contributed by atoms with Crippen LogP contribution in [0.25, 0.3) is 10.9 Å². The molecule has 1 fully saturated rings. The molecule has 6 nitrogen and oxygen atoms in total. The van der Waals surface area contributed by atoms with E-state index >= 15 is 0 Å². The molecule has 2 N–H and O–H groups in total. The minimum absolute atomic E-state index is 0.0142. The summed E-state index contributed by atoms with van der Waals surface area (Å²) in [6.45, 7) is 6.54. The monoisotopic (exact) mass is 445 g/mol. The molecule has 1 heterocycles. The summed E-state index contributed by atoms with van der Waals surface area (Å²) in [5.74, 6) is 1.60. The molecule has 0 saturated heterocycles. The van der Waals surface area contributed by atoms with E-state index in [1.54, 1.807) is 0 Å². The van der Waals surface area contributed by atoms with Crippen LogP contribution in [0, 0.1) is 0 Å². The molecule has 1 aromatic heterocycles. The van der Waals surface area contributed by atoms with Gasteiger partial charge in [0.15, 0.2) is 0 Å². The fraction of sp³-hybridized carbons (Fsp3) is 0.444. The summed E-state index contributed by atoms with van der Waals surface area (Å²) in [7, 11) is 4.01. The van der Waals surface area contributed by atoms with E-state index in [4.69, 9.17) is 9.97 Å². The summed E-state index contributed by atoms with van der Waals surface area (Å²) in [6.07, 6.45) is 3.83. The first-order chi connectivity index (χ1) is 15.7. The van der Waals surface area contributed by atoms with Gasteiger partial charge in [-0.05, 0) is 60.9 Å². The molecular weight excluding hydrogens is 410 g/mol. The highest BCUT2D eigenvalue weighted by molar-refractivity contribution is 5.94. The number of nitrogens with one attached hydrogen (secondary N) is 2. The summed E-state index contributed by atoms with van der Waals surface area (Å²) in [6, 6.07) is 16.6. The topological polar surface area (TPSA) is 70.2 Å². The molecule has 33 heavy (non-hydrogen) atoms. The van der Waals surface area contributed by atoms with E-state index < -0.39 is 0 Å². The van der Waals surface area contributed by atoms with Gasteiger partial charge in [0, 0.05) is 37.1 Å². The Balaban J connectivity index is 1.34. The van der Waals surface area contributed by atoms with Gasteiger partial charge < -0.3 is 15.5 Å². The van der Waals surface area contributed by atoms with Crippen LogP contribution in [0.15, 0.2) is 48.5 Å². The second-order valence-electron chi connectivity index (χ2n) is 10.3. The van der Waals surface area contributed by atoms with Gasteiger partial charge in [-0.3, -0.25) is 4.79 Å². The molecule has 3 aromatic rings. The Labute approximate surface area is 196 Å². The van der Waals surface area contributed by atoms with E-state index in [9.17, 15) is 4.79 Å². The van der Waals surface area contributed by atoms with Crippen LogP contribution in [-0.4, -0.2) is 42.1 Å². The number of para-hydroxylation sites is 1. The second-order valence-corrected chi connectivity index (χ2v) is 10.3. The maximum Gasteiger partial charge on any atom is 0.251 e. The zero-order chi connectivity index (χ0) is 23.6. The fourth-order valence-corrected chi connectivity index (χ4v) is 4.42. The van der Waals surface area contributed by atoms with Gasteiger partial charge in [0.2, 0.25) is 5.95 Å². The Bertz CT molecular complexity index is 1110. The van der Waals surface area contributed by atoms with Crippen LogP contribution in [-0.2, 0) is 5.41 Å². The number of carbonyl (C=O) groups excluding carboxylic acids is 1. The molecule has 6 heteroatoms. The summed E-state index contributed by atoms with van der Waals surface area (Å²) >= 11 is 0. The molecule has 0 bridgehead atoms. The lowest BCUT2D eigenvalue weighted by Crippen LogP contribution is -2.40. The third kappa shape index (κ3) is 5.44. The number of hydrogen-bond acceptors (Lipinski definition) is 5. The van der Waals surface area contributed by atoms with Crippen molar-refractivity contribution in [1.82, 2.24) is 15.3 Å². The lowest BCUT2D eigenvalue weighted by Gasteiger charge is -2.30. The molecular formula is C27H35N5O. The summed E-state index contributed by atoms with van der Waals surface area (Å²) < 4.78 is 0. The number of hydrogen-bond donors (Lipinski definition) is 2. The second kappa shape index (κ2) is 9.38. The quantitative estimate of drug-likeness (QED) is 0.569. The Hall–Kier alpha value is -3.15. The van der Waals surface area contributed by atoms with E-state index in [0.29, 0.717) is 12.0 Å². The zero-order valence-electron chi connectivity index (χ0n) is 20.4. The van der Waals surface area contributed by atoms with Gasteiger partial charge in [0.25, 0.3) is 5.91 Å². The van der Waals surface area contributed by atoms with Crippen molar-refractivity contribution < 1.29 is 4.79 Å². The van der Waals surface area contributed by atoms with E-state index in [0.717, 1.165) is 48.0 Å². The zero-order valence-corrected chi connectivity index (χ0v) is 20.4. The van der Waals surface area contributed by atoms with Crippen molar-refractivity contribution in [3.8, 4) is 0 Å².